The first-order valence-corrected chi connectivity index (χ1v) is 8.90. The average molecular weight is 325 g/mol. The summed E-state index contributed by atoms with van der Waals surface area (Å²) in [5.74, 6) is 2.50. The van der Waals surface area contributed by atoms with Gasteiger partial charge in [0.15, 0.2) is 0 Å². The van der Waals surface area contributed by atoms with Crippen molar-refractivity contribution in [3.8, 4) is 0 Å². The van der Waals surface area contributed by atoms with Crippen molar-refractivity contribution >= 4 is 29.1 Å². The van der Waals surface area contributed by atoms with E-state index in [1.165, 1.54) is 7.11 Å². The Morgan fingerprint density at radius 1 is 1.43 bits per heavy atom. The van der Waals surface area contributed by atoms with Crippen LogP contribution in [-0.2, 0) is 21.8 Å². The summed E-state index contributed by atoms with van der Waals surface area (Å²) >= 11 is 3.36. The Morgan fingerprint density at radius 3 is 2.90 bits per heavy atom. The number of esters is 1. The summed E-state index contributed by atoms with van der Waals surface area (Å²) in [6, 6.07) is 7.92. The van der Waals surface area contributed by atoms with E-state index in [-0.39, 0.29) is 12.0 Å². The Hall–Kier alpha value is -1.24. The molecule has 0 fully saturated rings. The van der Waals surface area contributed by atoms with Crippen molar-refractivity contribution in [2.45, 2.75) is 24.8 Å². The summed E-state index contributed by atoms with van der Waals surface area (Å²) in [7, 11) is 1.41. The van der Waals surface area contributed by atoms with Gasteiger partial charge in [-0.05, 0) is 29.8 Å². The van der Waals surface area contributed by atoms with Gasteiger partial charge in [0.1, 0.15) is 11.5 Å². The highest BCUT2D eigenvalue weighted by molar-refractivity contribution is 7.97. The molecule has 0 aliphatic carbocycles. The molecule has 0 aliphatic heterocycles. The predicted octanol–water partition coefficient (Wildman–Crippen LogP) is 3.60. The predicted molar refractivity (Wildman–Crippen MR) is 86.5 cm³/mol. The van der Waals surface area contributed by atoms with Crippen LogP contribution in [0.3, 0.4) is 0 Å². The summed E-state index contributed by atoms with van der Waals surface area (Å²) in [4.78, 5) is 12.7. The Balaban J connectivity index is 1.96. The Kier molecular flexibility index (Phi) is 6.35. The van der Waals surface area contributed by atoms with Crippen molar-refractivity contribution in [1.29, 1.82) is 0 Å². The van der Waals surface area contributed by atoms with Gasteiger partial charge in [0.05, 0.1) is 31.9 Å². The SMILES string of the molecule is COC(=O)CC(NCc1ccc(CSC)o1)c1cccs1. The number of hydrogen-bond acceptors (Lipinski definition) is 6. The third-order valence-electron chi connectivity index (χ3n) is 3.01. The topological polar surface area (TPSA) is 51.5 Å². The van der Waals surface area contributed by atoms with Gasteiger partial charge >= 0.3 is 5.97 Å². The lowest BCUT2D eigenvalue weighted by molar-refractivity contribution is -0.141. The molecule has 2 aromatic heterocycles. The molecular weight excluding hydrogens is 306 g/mol. The second kappa shape index (κ2) is 8.26. The number of thioether (sulfide) groups is 1. The van der Waals surface area contributed by atoms with E-state index in [1.54, 1.807) is 23.1 Å². The van der Waals surface area contributed by atoms with Gasteiger partial charge in [0.25, 0.3) is 0 Å². The molecule has 1 atom stereocenters. The molecule has 6 heteroatoms. The number of hydrogen-bond donors (Lipinski definition) is 1. The molecule has 2 heterocycles. The minimum Gasteiger partial charge on any atom is -0.469 e. The molecule has 4 nitrogen and oxygen atoms in total. The second-order valence-corrected chi connectivity index (χ2v) is 6.38. The number of carbonyl (C=O) groups excluding carboxylic acids is 1. The maximum Gasteiger partial charge on any atom is 0.307 e. The van der Waals surface area contributed by atoms with E-state index in [2.05, 4.69) is 5.32 Å². The fraction of sp³-hybridized carbons (Fsp3) is 0.400. The maximum absolute atomic E-state index is 11.5. The van der Waals surface area contributed by atoms with Crippen LogP contribution in [0, 0.1) is 0 Å². The molecule has 0 aliphatic rings. The Morgan fingerprint density at radius 2 is 2.24 bits per heavy atom. The van der Waals surface area contributed by atoms with Gasteiger partial charge in [-0.15, -0.1) is 11.3 Å². The molecule has 0 saturated heterocycles. The molecule has 0 saturated carbocycles. The zero-order valence-corrected chi connectivity index (χ0v) is 13.8. The van der Waals surface area contributed by atoms with Crippen LogP contribution in [-0.4, -0.2) is 19.3 Å². The van der Waals surface area contributed by atoms with Crippen LogP contribution in [0.15, 0.2) is 34.1 Å². The second-order valence-electron chi connectivity index (χ2n) is 4.53. The third-order valence-corrected chi connectivity index (χ3v) is 4.57. The van der Waals surface area contributed by atoms with E-state index in [1.807, 2.05) is 35.9 Å². The van der Waals surface area contributed by atoms with Gasteiger partial charge in [0.2, 0.25) is 0 Å². The van der Waals surface area contributed by atoms with Crippen LogP contribution in [0.25, 0.3) is 0 Å². The van der Waals surface area contributed by atoms with Crippen LogP contribution in [0.5, 0.6) is 0 Å². The summed E-state index contributed by atoms with van der Waals surface area (Å²) in [5.41, 5.74) is 0. The molecule has 0 aromatic carbocycles. The summed E-state index contributed by atoms with van der Waals surface area (Å²) < 4.78 is 10.5. The number of nitrogens with one attached hydrogen (secondary N) is 1. The van der Waals surface area contributed by atoms with Crippen LogP contribution in [0.1, 0.15) is 28.9 Å². The highest BCUT2D eigenvalue weighted by Gasteiger charge is 2.17. The molecule has 0 spiro atoms. The summed E-state index contributed by atoms with van der Waals surface area (Å²) in [6.07, 6.45) is 2.36. The first kappa shape index (κ1) is 16.1. The van der Waals surface area contributed by atoms with Crippen molar-refractivity contribution in [3.05, 3.63) is 46.0 Å². The quantitative estimate of drug-likeness (QED) is 0.752. The molecule has 1 unspecified atom stereocenters. The Bertz CT molecular complexity index is 551. The van der Waals surface area contributed by atoms with E-state index in [0.717, 1.165) is 22.2 Å². The number of thiophene rings is 1. The number of carbonyl (C=O) groups is 1. The molecule has 0 bridgehead atoms. The van der Waals surface area contributed by atoms with Crippen molar-refractivity contribution in [2.24, 2.45) is 0 Å². The molecular formula is C15H19NO3S2. The minimum atomic E-state index is -0.219. The lowest BCUT2D eigenvalue weighted by Crippen LogP contribution is -2.23. The van der Waals surface area contributed by atoms with E-state index < -0.39 is 0 Å². The lowest BCUT2D eigenvalue weighted by atomic mass is 10.1. The monoisotopic (exact) mass is 325 g/mol. The van der Waals surface area contributed by atoms with Gasteiger partial charge < -0.3 is 14.5 Å². The van der Waals surface area contributed by atoms with Crippen LogP contribution in [0.4, 0.5) is 0 Å². The normalized spacial score (nSPS) is 12.3. The number of ether oxygens (including phenoxy) is 1. The van der Waals surface area contributed by atoms with E-state index >= 15 is 0 Å². The average Bonchev–Trinajstić information content (AvgIpc) is 3.15. The standard InChI is InChI=1S/C15H19NO3S2/c1-18-15(17)8-13(14-4-3-7-21-14)16-9-11-5-6-12(19-11)10-20-2/h3-7,13,16H,8-10H2,1-2H3. The fourth-order valence-corrected chi connectivity index (χ4v) is 3.22. The van der Waals surface area contributed by atoms with Gasteiger partial charge in [-0.25, -0.2) is 0 Å². The minimum absolute atomic E-state index is 0.0495. The zero-order chi connectivity index (χ0) is 15.1. The molecule has 114 valence electrons. The molecule has 1 N–H and O–H groups in total. The number of furan rings is 1. The third kappa shape index (κ3) is 4.91. The van der Waals surface area contributed by atoms with Gasteiger partial charge in [-0.3, -0.25) is 4.79 Å². The molecule has 21 heavy (non-hydrogen) atoms. The number of rotatable bonds is 8. The van der Waals surface area contributed by atoms with Crippen molar-refractivity contribution in [1.82, 2.24) is 5.32 Å². The van der Waals surface area contributed by atoms with E-state index in [0.29, 0.717) is 13.0 Å². The maximum atomic E-state index is 11.5. The highest BCUT2D eigenvalue weighted by atomic mass is 32.2. The first-order valence-electron chi connectivity index (χ1n) is 6.63. The molecule has 2 rings (SSSR count). The zero-order valence-electron chi connectivity index (χ0n) is 12.1. The molecule has 2 aromatic rings. The van der Waals surface area contributed by atoms with Crippen molar-refractivity contribution in [3.63, 3.8) is 0 Å². The van der Waals surface area contributed by atoms with Crippen molar-refractivity contribution < 1.29 is 13.9 Å². The van der Waals surface area contributed by atoms with Gasteiger partial charge in [-0.2, -0.15) is 11.8 Å². The van der Waals surface area contributed by atoms with Gasteiger partial charge in [0, 0.05) is 4.88 Å². The Labute approximate surface area is 132 Å². The molecule has 0 amide bonds. The summed E-state index contributed by atoms with van der Waals surface area (Å²) in [5, 5.41) is 5.37. The smallest absolute Gasteiger partial charge is 0.307 e. The van der Waals surface area contributed by atoms with E-state index in [9.17, 15) is 4.79 Å². The lowest BCUT2D eigenvalue weighted by Gasteiger charge is -2.15. The van der Waals surface area contributed by atoms with Crippen LogP contribution < -0.4 is 5.32 Å². The summed E-state index contributed by atoms with van der Waals surface area (Å²) in [6.45, 7) is 0.591. The number of methoxy groups -OCH3 is 1. The van der Waals surface area contributed by atoms with Crippen LogP contribution >= 0.6 is 23.1 Å². The fourth-order valence-electron chi connectivity index (χ4n) is 1.97. The largest absolute Gasteiger partial charge is 0.469 e. The first-order chi connectivity index (χ1) is 10.2. The van der Waals surface area contributed by atoms with Crippen LogP contribution in [0.2, 0.25) is 0 Å². The van der Waals surface area contributed by atoms with Gasteiger partial charge in [-0.1, -0.05) is 6.07 Å². The van der Waals surface area contributed by atoms with E-state index in [4.69, 9.17) is 9.15 Å². The molecule has 0 radical (unpaired) electrons. The highest BCUT2D eigenvalue weighted by Crippen LogP contribution is 2.23. The van der Waals surface area contributed by atoms with Crippen molar-refractivity contribution in [2.75, 3.05) is 13.4 Å².